The second-order valence-electron chi connectivity index (χ2n) is 4.14. The molecule has 0 saturated heterocycles. The molecule has 0 amide bonds. The van der Waals surface area contributed by atoms with Crippen molar-refractivity contribution >= 4 is 10.1 Å². The van der Waals surface area contributed by atoms with Gasteiger partial charge >= 0.3 is 0 Å². The zero-order valence-electron chi connectivity index (χ0n) is 11.1. The van der Waals surface area contributed by atoms with Crippen LogP contribution in [0.1, 0.15) is 38.2 Å². The second-order valence-corrected chi connectivity index (χ2v) is 5.56. The molecule has 1 aromatic rings. The quantitative estimate of drug-likeness (QED) is 0.638. The van der Waals surface area contributed by atoms with Crippen molar-refractivity contribution in [3.63, 3.8) is 0 Å². The summed E-state index contributed by atoms with van der Waals surface area (Å²) in [5.41, 5.74) is 6.23. The Morgan fingerprint density at radius 2 is 1.67 bits per heavy atom. The molecule has 0 unspecified atom stereocenters. The van der Waals surface area contributed by atoms with E-state index in [2.05, 4.69) is 6.92 Å². The van der Waals surface area contributed by atoms with Crippen LogP contribution in [0.5, 0.6) is 0 Å². The minimum absolute atomic E-state index is 0.0666. The van der Waals surface area contributed by atoms with Crippen molar-refractivity contribution in [1.82, 2.24) is 0 Å². The molecule has 0 atom stereocenters. The summed E-state index contributed by atoms with van der Waals surface area (Å²) in [5, 5.41) is 0. The SMILES string of the molecule is CCCCCCN.Cc1ccc(S(=O)(=O)O)cc1. The van der Waals surface area contributed by atoms with E-state index in [-0.39, 0.29) is 4.90 Å². The van der Waals surface area contributed by atoms with E-state index in [1.165, 1.54) is 37.8 Å². The minimum atomic E-state index is -4.02. The highest BCUT2D eigenvalue weighted by Crippen LogP contribution is 2.08. The van der Waals surface area contributed by atoms with Gasteiger partial charge in [-0.05, 0) is 32.0 Å². The maximum absolute atomic E-state index is 10.5. The summed E-state index contributed by atoms with van der Waals surface area (Å²) in [4.78, 5) is -0.0666. The van der Waals surface area contributed by atoms with Gasteiger partial charge in [0, 0.05) is 0 Å². The highest BCUT2D eigenvalue weighted by Gasteiger charge is 2.06. The van der Waals surface area contributed by atoms with Crippen LogP contribution in [0, 0.1) is 6.92 Å². The lowest BCUT2D eigenvalue weighted by molar-refractivity contribution is 0.483. The summed E-state index contributed by atoms with van der Waals surface area (Å²) in [7, 11) is -4.02. The van der Waals surface area contributed by atoms with Crippen molar-refractivity contribution in [3.05, 3.63) is 29.8 Å². The second kappa shape index (κ2) is 9.08. The maximum atomic E-state index is 10.5. The van der Waals surface area contributed by atoms with Gasteiger partial charge in [-0.3, -0.25) is 4.55 Å². The molecular formula is C13H23NO3S. The van der Waals surface area contributed by atoms with Crippen LogP contribution in [0.25, 0.3) is 0 Å². The first-order valence-corrected chi connectivity index (χ1v) is 7.60. The van der Waals surface area contributed by atoms with Crippen molar-refractivity contribution < 1.29 is 13.0 Å². The summed E-state index contributed by atoms with van der Waals surface area (Å²) in [6.07, 6.45) is 5.16. The van der Waals surface area contributed by atoms with Gasteiger partial charge in [0.05, 0.1) is 4.90 Å². The third-order valence-electron chi connectivity index (χ3n) is 2.38. The topological polar surface area (TPSA) is 80.4 Å². The molecule has 0 aromatic heterocycles. The first kappa shape index (κ1) is 17.1. The molecule has 0 saturated carbocycles. The molecule has 0 fully saturated rings. The van der Waals surface area contributed by atoms with Gasteiger partial charge in [-0.25, -0.2) is 0 Å². The fourth-order valence-electron chi connectivity index (χ4n) is 1.28. The Kier molecular flexibility index (Phi) is 8.62. The van der Waals surface area contributed by atoms with Gasteiger partial charge in [0.15, 0.2) is 0 Å². The van der Waals surface area contributed by atoms with Crippen LogP contribution < -0.4 is 5.73 Å². The molecule has 18 heavy (non-hydrogen) atoms. The number of hydrogen-bond acceptors (Lipinski definition) is 3. The van der Waals surface area contributed by atoms with Crippen LogP contribution in [0.2, 0.25) is 0 Å². The Morgan fingerprint density at radius 3 is 2.06 bits per heavy atom. The Hall–Kier alpha value is -0.910. The first-order chi connectivity index (χ1) is 8.41. The molecule has 0 radical (unpaired) electrons. The van der Waals surface area contributed by atoms with Crippen molar-refractivity contribution in [2.45, 2.75) is 44.4 Å². The van der Waals surface area contributed by atoms with Gasteiger partial charge in [0.25, 0.3) is 10.1 Å². The maximum Gasteiger partial charge on any atom is 0.294 e. The highest BCUT2D eigenvalue weighted by molar-refractivity contribution is 7.85. The normalized spacial score (nSPS) is 10.7. The summed E-state index contributed by atoms with van der Waals surface area (Å²) in [5.74, 6) is 0. The summed E-state index contributed by atoms with van der Waals surface area (Å²) >= 11 is 0. The van der Waals surface area contributed by atoms with Gasteiger partial charge < -0.3 is 5.73 Å². The van der Waals surface area contributed by atoms with Crippen molar-refractivity contribution in [2.75, 3.05) is 6.54 Å². The van der Waals surface area contributed by atoms with Crippen molar-refractivity contribution in [3.8, 4) is 0 Å². The van der Waals surface area contributed by atoms with E-state index < -0.39 is 10.1 Å². The van der Waals surface area contributed by atoms with Crippen LogP contribution in [0.15, 0.2) is 29.2 Å². The minimum Gasteiger partial charge on any atom is -0.330 e. The summed E-state index contributed by atoms with van der Waals surface area (Å²) in [6.45, 7) is 4.91. The molecule has 0 bridgehead atoms. The number of benzene rings is 1. The number of aryl methyl sites for hydroxylation is 1. The van der Waals surface area contributed by atoms with Crippen LogP contribution in [-0.4, -0.2) is 19.5 Å². The molecule has 0 heterocycles. The highest BCUT2D eigenvalue weighted by atomic mass is 32.2. The van der Waals surface area contributed by atoms with Crippen LogP contribution >= 0.6 is 0 Å². The Bertz CT molecular complexity index is 408. The number of hydrogen-bond donors (Lipinski definition) is 2. The summed E-state index contributed by atoms with van der Waals surface area (Å²) < 4.78 is 29.6. The predicted molar refractivity (Wildman–Crippen MR) is 74.2 cm³/mol. The third kappa shape index (κ3) is 8.22. The molecular weight excluding hydrogens is 250 g/mol. The lowest BCUT2D eigenvalue weighted by atomic mass is 10.2. The lowest BCUT2D eigenvalue weighted by Gasteiger charge is -1.95. The zero-order chi connectivity index (χ0) is 14.0. The fraction of sp³-hybridized carbons (Fsp3) is 0.538. The summed E-state index contributed by atoms with van der Waals surface area (Å²) in [6, 6.07) is 5.99. The monoisotopic (exact) mass is 273 g/mol. The van der Waals surface area contributed by atoms with Gasteiger partial charge in [-0.1, -0.05) is 43.9 Å². The van der Waals surface area contributed by atoms with Gasteiger partial charge in [-0.15, -0.1) is 0 Å². The molecule has 1 rings (SSSR count). The lowest BCUT2D eigenvalue weighted by Crippen LogP contribution is -1.97. The smallest absolute Gasteiger partial charge is 0.294 e. The average Bonchev–Trinajstić information content (AvgIpc) is 2.30. The largest absolute Gasteiger partial charge is 0.330 e. The van der Waals surface area contributed by atoms with Crippen LogP contribution in [0.3, 0.4) is 0 Å². The van der Waals surface area contributed by atoms with E-state index in [0.717, 1.165) is 12.1 Å². The molecule has 0 aliphatic carbocycles. The average molecular weight is 273 g/mol. The molecule has 0 aliphatic rings. The fourth-order valence-corrected chi connectivity index (χ4v) is 1.76. The van der Waals surface area contributed by atoms with E-state index in [0.29, 0.717) is 0 Å². The predicted octanol–water partition coefficient (Wildman–Crippen LogP) is 2.77. The Labute approximate surface area is 110 Å². The van der Waals surface area contributed by atoms with E-state index in [4.69, 9.17) is 10.3 Å². The molecule has 4 nitrogen and oxygen atoms in total. The number of nitrogens with two attached hydrogens (primary N) is 1. The molecule has 0 aliphatic heterocycles. The molecule has 5 heteroatoms. The van der Waals surface area contributed by atoms with E-state index in [1.807, 2.05) is 6.92 Å². The number of rotatable bonds is 5. The van der Waals surface area contributed by atoms with Crippen molar-refractivity contribution in [2.24, 2.45) is 5.73 Å². The third-order valence-corrected chi connectivity index (χ3v) is 3.24. The Balaban J connectivity index is 0.000000360. The van der Waals surface area contributed by atoms with Gasteiger partial charge in [0.2, 0.25) is 0 Å². The Morgan fingerprint density at radius 1 is 1.11 bits per heavy atom. The van der Waals surface area contributed by atoms with Crippen LogP contribution in [0.4, 0.5) is 0 Å². The number of unbranched alkanes of at least 4 members (excludes halogenated alkanes) is 3. The van der Waals surface area contributed by atoms with E-state index in [9.17, 15) is 8.42 Å². The zero-order valence-corrected chi connectivity index (χ0v) is 11.9. The van der Waals surface area contributed by atoms with Crippen LogP contribution in [-0.2, 0) is 10.1 Å². The van der Waals surface area contributed by atoms with E-state index in [1.54, 1.807) is 12.1 Å². The molecule has 104 valence electrons. The first-order valence-electron chi connectivity index (χ1n) is 6.16. The molecule has 0 spiro atoms. The van der Waals surface area contributed by atoms with Gasteiger partial charge in [-0.2, -0.15) is 8.42 Å². The molecule has 1 aromatic carbocycles. The van der Waals surface area contributed by atoms with Crippen molar-refractivity contribution in [1.29, 1.82) is 0 Å². The molecule has 3 N–H and O–H groups in total. The van der Waals surface area contributed by atoms with Gasteiger partial charge in [0.1, 0.15) is 0 Å². The standard InChI is InChI=1S/C7H8O3S.C6H15N/c1-6-2-4-7(5-3-6)11(8,9)10;1-2-3-4-5-6-7/h2-5H,1H3,(H,8,9,10);2-7H2,1H3. The van der Waals surface area contributed by atoms with E-state index >= 15 is 0 Å².